The molecule has 0 amide bonds. The topological polar surface area (TPSA) is 30.5 Å². The summed E-state index contributed by atoms with van der Waals surface area (Å²) in [6.07, 6.45) is -0.541. The van der Waals surface area contributed by atoms with Crippen LogP contribution in [0.15, 0.2) is 48.5 Å². The number of benzene rings is 2. The summed E-state index contributed by atoms with van der Waals surface area (Å²) in [5, 5.41) is 4.67. The van der Waals surface area contributed by atoms with Crippen molar-refractivity contribution in [2.45, 2.75) is 25.4 Å². The average Bonchev–Trinajstić information content (AvgIpc) is 2.55. The summed E-state index contributed by atoms with van der Waals surface area (Å²) in [5.41, 5.74) is 2.08. The maximum absolute atomic E-state index is 6.15. The second-order valence-electron chi connectivity index (χ2n) is 5.56. The number of halogens is 2. The molecule has 0 unspecified atom stereocenters. The van der Waals surface area contributed by atoms with E-state index in [0.29, 0.717) is 16.7 Å². The van der Waals surface area contributed by atoms with E-state index in [1.807, 2.05) is 37.3 Å². The lowest BCUT2D eigenvalue weighted by molar-refractivity contribution is -0.200. The Bertz CT molecular complexity index is 630. The molecule has 1 N–H and O–H groups in total. The van der Waals surface area contributed by atoms with E-state index in [9.17, 15) is 0 Å². The highest BCUT2D eigenvalue weighted by Crippen LogP contribution is 2.30. The van der Waals surface area contributed by atoms with Crippen LogP contribution >= 0.6 is 23.2 Å². The highest BCUT2D eigenvalue weighted by atomic mass is 35.5. The monoisotopic (exact) mass is 351 g/mol. The summed E-state index contributed by atoms with van der Waals surface area (Å²) < 4.78 is 12.0. The zero-order valence-corrected chi connectivity index (χ0v) is 14.3. The second-order valence-corrected chi connectivity index (χ2v) is 6.44. The van der Waals surface area contributed by atoms with Crippen LogP contribution in [0.2, 0.25) is 10.0 Å². The third-order valence-electron chi connectivity index (χ3n) is 3.87. The van der Waals surface area contributed by atoms with Crippen LogP contribution in [0.4, 0.5) is 0 Å². The summed E-state index contributed by atoms with van der Waals surface area (Å²) in [6.45, 7) is 3.40. The summed E-state index contributed by atoms with van der Waals surface area (Å²) >= 11 is 12.2. The fourth-order valence-corrected chi connectivity index (χ4v) is 3.27. The number of hydrogen-bond acceptors (Lipinski definition) is 3. The van der Waals surface area contributed by atoms with E-state index in [1.54, 1.807) is 6.07 Å². The summed E-state index contributed by atoms with van der Waals surface area (Å²) in [5.74, 6) is 0. The van der Waals surface area contributed by atoms with E-state index in [0.717, 1.165) is 17.7 Å². The first-order valence-corrected chi connectivity index (χ1v) is 8.40. The Morgan fingerprint density at radius 2 is 1.83 bits per heavy atom. The lowest BCUT2D eigenvalue weighted by atomic mass is 10.1. The standard InChI is InChI=1S/C18H19Cl2NO2/c1-12(14-9-15(19)11-16(20)10-14)23-18-17(21-7-8-22-18)13-5-3-2-4-6-13/h2-6,9-12,17-18,21H,7-8H2,1H3/t12-,17+,18-/m1/s1. The molecular weight excluding hydrogens is 333 g/mol. The van der Waals surface area contributed by atoms with E-state index in [4.69, 9.17) is 32.7 Å². The van der Waals surface area contributed by atoms with Crippen LogP contribution in [0.3, 0.4) is 0 Å². The zero-order valence-electron chi connectivity index (χ0n) is 12.8. The number of rotatable bonds is 4. The largest absolute Gasteiger partial charge is 0.349 e. The van der Waals surface area contributed by atoms with Crippen molar-refractivity contribution < 1.29 is 9.47 Å². The first-order chi connectivity index (χ1) is 11.1. The minimum Gasteiger partial charge on any atom is -0.349 e. The minimum atomic E-state index is -0.362. The van der Waals surface area contributed by atoms with Gasteiger partial charge in [-0.25, -0.2) is 0 Å². The third-order valence-corrected chi connectivity index (χ3v) is 4.31. The molecule has 3 nitrogen and oxygen atoms in total. The highest BCUT2D eigenvalue weighted by Gasteiger charge is 2.29. The Hall–Kier alpha value is -1.10. The Labute approximate surface area is 146 Å². The molecule has 1 saturated heterocycles. The van der Waals surface area contributed by atoms with Crippen molar-refractivity contribution in [3.05, 3.63) is 69.7 Å². The van der Waals surface area contributed by atoms with Gasteiger partial charge in [-0.1, -0.05) is 53.5 Å². The van der Waals surface area contributed by atoms with Crippen LogP contribution in [0.1, 0.15) is 30.2 Å². The van der Waals surface area contributed by atoms with Crippen molar-refractivity contribution in [2.75, 3.05) is 13.2 Å². The van der Waals surface area contributed by atoms with Gasteiger partial charge in [-0.2, -0.15) is 0 Å². The molecule has 0 bridgehead atoms. The molecule has 0 saturated carbocycles. The Balaban J connectivity index is 1.76. The fraction of sp³-hybridized carbons (Fsp3) is 0.333. The molecule has 2 aromatic carbocycles. The third kappa shape index (κ3) is 4.25. The lowest BCUT2D eigenvalue weighted by Gasteiger charge is -2.34. The van der Waals surface area contributed by atoms with Crippen LogP contribution in [-0.2, 0) is 9.47 Å². The molecule has 0 spiro atoms. The molecule has 1 aliphatic heterocycles. The predicted molar refractivity (Wildman–Crippen MR) is 92.9 cm³/mol. The number of ether oxygens (including phenoxy) is 2. The molecule has 23 heavy (non-hydrogen) atoms. The molecule has 0 aliphatic carbocycles. The molecule has 1 aliphatic rings. The smallest absolute Gasteiger partial charge is 0.177 e. The molecular formula is C18H19Cl2NO2. The Morgan fingerprint density at radius 1 is 1.13 bits per heavy atom. The van der Waals surface area contributed by atoms with Gasteiger partial charge in [0.1, 0.15) is 0 Å². The van der Waals surface area contributed by atoms with Gasteiger partial charge >= 0.3 is 0 Å². The first-order valence-electron chi connectivity index (χ1n) is 7.65. The maximum Gasteiger partial charge on any atom is 0.177 e. The van der Waals surface area contributed by atoms with Gasteiger partial charge in [0, 0.05) is 16.6 Å². The number of morpholine rings is 1. The Kier molecular flexibility index (Phi) is 5.57. The summed E-state index contributed by atoms with van der Waals surface area (Å²) in [6, 6.07) is 15.6. The maximum atomic E-state index is 6.15. The molecule has 122 valence electrons. The van der Waals surface area contributed by atoms with Crippen molar-refractivity contribution in [2.24, 2.45) is 0 Å². The van der Waals surface area contributed by atoms with Gasteiger partial charge in [0.25, 0.3) is 0 Å². The van der Waals surface area contributed by atoms with E-state index >= 15 is 0 Å². The molecule has 2 aromatic rings. The lowest BCUT2D eigenvalue weighted by Crippen LogP contribution is -2.43. The molecule has 0 aromatic heterocycles. The van der Waals surface area contributed by atoms with Gasteiger partial charge in [0.05, 0.1) is 18.8 Å². The van der Waals surface area contributed by atoms with Crippen LogP contribution in [0.5, 0.6) is 0 Å². The number of nitrogens with one attached hydrogen (secondary N) is 1. The second kappa shape index (κ2) is 7.65. The Morgan fingerprint density at radius 3 is 2.52 bits per heavy atom. The van der Waals surface area contributed by atoms with Crippen molar-refractivity contribution in [3.63, 3.8) is 0 Å². The van der Waals surface area contributed by atoms with Gasteiger partial charge in [-0.05, 0) is 36.2 Å². The SMILES string of the molecule is C[C@@H](O[C@H]1OCCN[C@H]1c1ccccc1)c1cc(Cl)cc(Cl)c1. The van der Waals surface area contributed by atoms with E-state index < -0.39 is 0 Å². The van der Waals surface area contributed by atoms with E-state index in [-0.39, 0.29) is 18.4 Å². The molecule has 5 heteroatoms. The zero-order chi connectivity index (χ0) is 16.2. The van der Waals surface area contributed by atoms with Crippen molar-refractivity contribution in [3.8, 4) is 0 Å². The van der Waals surface area contributed by atoms with Gasteiger partial charge in [0.2, 0.25) is 0 Å². The molecule has 1 heterocycles. The highest BCUT2D eigenvalue weighted by molar-refractivity contribution is 6.34. The normalized spacial score (nSPS) is 22.7. The van der Waals surface area contributed by atoms with Crippen LogP contribution in [-0.4, -0.2) is 19.4 Å². The fourth-order valence-electron chi connectivity index (χ4n) is 2.72. The van der Waals surface area contributed by atoms with E-state index in [1.165, 1.54) is 0 Å². The van der Waals surface area contributed by atoms with Crippen molar-refractivity contribution >= 4 is 23.2 Å². The van der Waals surface area contributed by atoms with Crippen molar-refractivity contribution in [1.29, 1.82) is 0 Å². The first kappa shape index (κ1) is 16.7. The van der Waals surface area contributed by atoms with Gasteiger partial charge < -0.3 is 14.8 Å². The predicted octanol–water partition coefficient (Wildman–Crippen LogP) is 4.76. The van der Waals surface area contributed by atoms with Gasteiger partial charge in [-0.3, -0.25) is 0 Å². The minimum absolute atomic E-state index is 0.00190. The van der Waals surface area contributed by atoms with Crippen LogP contribution < -0.4 is 5.32 Å². The van der Waals surface area contributed by atoms with Crippen LogP contribution in [0.25, 0.3) is 0 Å². The quantitative estimate of drug-likeness (QED) is 0.861. The van der Waals surface area contributed by atoms with Crippen LogP contribution in [0, 0.1) is 0 Å². The molecule has 0 radical (unpaired) electrons. The molecule has 3 rings (SSSR count). The average molecular weight is 352 g/mol. The summed E-state index contributed by atoms with van der Waals surface area (Å²) in [7, 11) is 0. The molecule has 1 fully saturated rings. The van der Waals surface area contributed by atoms with Crippen molar-refractivity contribution in [1.82, 2.24) is 5.32 Å². The van der Waals surface area contributed by atoms with Gasteiger partial charge in [0.15, 0.2) is 6.29 Å². The number of hydrogen-bond donors (Lipinski definition) is 1. The van der Waals surface area contributed by atoms with E-state index in [2.05, 4.69) is 17.4 Å². The summed E-state index contributed by atoms with van der Waals surface area (Å²) in [4.78, 5) is 0. The molecule has 3 atom stereocenters. The van der Waals surface area contributed by atoms with Gasteiger partial charge in [-0.15, -0.1) is 0 Å².